The van der Waals surface area contributed by atoms with Crippen molar-refractivity contribution >= 4 is 59.4 Å². The van der Waals surface area contributed by atoms with E-state index in [4.69, 9.17) is 0 Å². The number of nitrogens with one attached hydrogen (secondary N) is 2. The second-order valence-corrected chi connectivity index (χ2v) is 10.2. The van der Waals surface area contributed by atoms with Gasteiger partial charge in [0.25, 0.3) is 10.0 Å². The Morgan fingerprint density at radius 3 is 2.67 bits per heavy atom. The SMILES string of the molecule is Cc1cc(NC(=O)CS(=O)(=O)c2ccc3c(c2)S(=O)(=O)N=CN3)ccc1Br. The average Bonchev–Trinajstić information content (AvgIpc) is 2.57. The summed E-state index contributed by atoms with van der Waals surface area (Å²) < 4.78 is 53.2. The van der Waals surface area contributed by atoms with Gasteiger partial charge >= 0.3 is 0 Å². The third kappa shape index (κ3) is 4.20. The van der Waals surface area contributed by atoms with Crippen molar-refractivity contribution in [2.75, 3.05) is 16.4 Å². The van der Waals surface area contributed by atoms with E-state index in [0.29, 0.717) is 5.69 Å². The van der Waals surface area contributed by atoms with Gasteiger partial charge in [0.15, 0.2) is 9.84 Å². The van der Waals surface area contributed by atoms with Crippen LogP contribution in [0.4, 0.5) is 11.4 Å². The third-order valence-corrected chi connectivity index (χ3v) is 7.55. The highest BCUT2D eigenvalue weighted by Gasteiger charge is 2.26. The van der Waals surface area contributed by atoms with Crippen LogP contribution in [0.25, 0.3) is 0 Å². The van der Waals surface area contributed by atoms with E-state index in [2.05, 4.69) is 31.0 Å². The summed E-state index contributed by atoms with van der Waals surface area (Å²) in [5.74, 6) is -1.55. The highest BCUT2D eigenvalue weighted by molar-refractivity contribution is 9.10. The van der Waals surface area contributed by atoms with Gasteiger partial charge in [0.1, 0.15) is 17.0 Å². The number of hydrogen-bond donors (Lipinski definition) is 2. The molecule has 1 heterocycles. The number of halogens is 1. The fourth-order valence-electron chi connectivity index (χ4n) is 2.43. The normalized spacial score (nSPS) is 14.9. The van der Waals surface area contributed by atoms with Crippen LogP contribution in [0.1, 0.15) is 5.56 Å². The molecule has 0 spiro atoms. The van der Waals surface area contributed by atoms with E-state index in [9.17, 15) is 21.6 Å². The van der Waals surface area contributed by atoms with Gasteiger partial charge < -0.3 is 10.6 Å². The molecule has 0 unspecified atom stereocenters. The Hall–Kier alpha value is -2.24. The van der Waals surface area contributed by atoms with Crippen LogP contribution in [0, 0.1) is 6.92 Å². The summed E-state index contributed by atoms with van der Waals surface area (Å²) in [4.78, 5) is 11.6. The van der Waals surface area contributed by atoms with Gasteiger partial charge in [-0.15, -0.1) is 4.40 Å². The second kappa shape index (κ2) is 7.06. The minimum absolute atomic E-state index is 0.221. The van der Waals surface area contributed by atoms with Gasteiger partial charge in [-0.3, -0.25) is 4.79 Å². The number of carbonyl (C=O) groups excluding carboxylic acids is 1. The van der Waals surface area contributed by atoms with E-state index in [1.165, 1.54) is 12.1 Å². The number of nitrogens with zero attached hydrogens (tertiary/aromatic N) is 1. The van der Waals surface area contributed by atoms with Crippen LogP contribution in [-0.2, 0) is 24.7 Å². The van der Waals surface area contributed by atoms with Crippen molar-refractivity contribution in [2.45, 2.75) is 16.7 Å². The zero-order valence-corrected chi connectivity index (χ0v) is 17.2. The fourth-order valence-corrected chi connectivity index (χ4v) is 4.89. The van der Waals surface area contributed by atoms with Crippen molar-refractivity contribution in [3.05, 3.63) is 46.4 Å². The third-order valence-electron chi connectivity index (χ3n) is 3.76. The summed E-state index contributed by atoms with van der Waals surface area (Å²) in [6.07, 6.45) is 1.01. The molecule has 8 nitrogen and oxygen atoms in total. The molecular weight excluding hydrogens is 458 g/mol. The topological polar surface area (TPSA) is 122 Å². The standard InChI is InChI=1S/C16H14BrN3O5S2/c1-10-6-11(2-4-13(10)17)20-16(21)8-26(22,23)12-3-5-14-15(7-12)27(24,25)19-9-18-14/h2-7,9H,8H2,1H3,(H,18,19)(H,20,21). The van der Waals surface area contributed by atoms with Crippen molar-refractivity contribution < 1.29 is 21.6 Å². The summed E-state index contributed by atoms with van der Waals surface area (Å²) >= 11 is 3.34. The maximum Gasteiger partial charge on any atom is 0.285 e. The van der Waals surface area contributed by atoms with Gasteiger partial charge in [-0.25, -0.2) is 8.42 Å². The quantitative estimate of drug-likeness (QED) is 0.705. The van der Waals surface area contributed by atoms with Crippen LogP contribution >= 0.6 is 15.9 Å². The van der Waals surface area contributed by atoms with E-state index >= 15 is 0 Å². The molecule has 0 radical (unpaired) electrons. The number of sulfonamides is 1. The lowest BCUT2D eigenvalue weighted by molar-refractivity contribution is -0.113. The molecule has 0 bridgehead atoms. The van der Waals surface area contributed by atoms with Crippen molar-refractivity contribution in [1.82, 2.24) is 0 Å². The molecule has 2 N–H and O–H groups in total. The first-order chi connectivity index (χ1) is 12.6. The number of rotatable bonds is 4. The second-order valence-electron chi connectivity index (χ2n) is 5.78. The minimum Gasteiger partial charge on any atom is -0.345 e. The number of sulfone groups is 1. The first-order valence-electron chi connectivity index (χ1n) is 7.57. The number of fused-ring (bicyclic) bond motifs is 1. The lowest BCUT2D eigenvalue weighted by Gasteiger charge is -2.13. The van der Waals surface area contributed by atoms with Gasteiger partial charge in [-0.1, -0.05) is 15.9 Å². The van der Waals surface area contributed by atoms with Crippen LogP contribution < -0.4 is 10.6 Å². The number of aryl methyl sites for hydroxylation is 1. The average molecular weight is 472 g/mol. The lowest BCUT2D eigenvalue weighted by Crippen LogP contribution is -2.23. The Morgan fingerprint density at radius 2 is 1.96 bits per heavy atom. The molecule has 1 aliphatic heterocycles. The molecule has 2 aromatic carbocycles. The van der Waals surface area contributed by atoms with Crippen LogP contribution in [-0.4, -0.2) is 34.8 Å². The predicted octanol–water partition coefficient (Wildman–Crippen LogP) is 2.31. The van der Waals surface area contributed by atoms with Crippen LogP contribution in [0.3, 0.4) is 0 Å². The number of anilines is 2. The number of amides is 1. The van der Waals surface area contributed by atoms with Crippen molar-refractivity contribution in [1.29, 1.82) is 0 Å². The first-order valence-corrected chi connectivity index (χ1v) is 11.5. The van der Waals surface area contributed by atoms with Gasteiger partial charge in [-0.05, 0) is 48.9 Å². The molecule has 3 rings (SSSR count). The summed E-state index contributed by atoms with van der Waals surface area (Å²) in [5, 5.41) is 5.15. The van der Waals surface area contributed by atoms with Gasteiger partial charge in [0.2, 0.25) is 5.91 Å². The molecule has 1 aliphatic rings. The van der Waals surface area contributed by atoms with Gasteiger partial charge in [0, 0.05) is 10.2 Å². The summed E-state index contributed by atoms with van der Waals surface area (Å²) in [6.45, 7) is 1.83. The summed E-state index contributed by atoms with van der Waals surface area (Å²) in [6, 6.07) is 8.64. The Labute approximate surface area is 164 Å². The van der Waals surface area contributed by atoms with Crippen molar-refractivity contribution in [3.63, 3.8) is 0 Å². The minimum atomic E-state index is -4.05. The van der Waals surface area contributed by atoms with Gasteiger partial charge in [-0.2, -0.15) is 8.42 Å². The molecular formula is C16H14BrN3O5S2. The highest BCUT2D eigenvalue weighted by atomic mass is 79.9. The van der Waals surface area contributed by atoms with E-state index in [1.807, 2.05) is 6.92 Å². The zero-order valence-electron chi connectivity index (χ0n) is 13.9. The van der Waals surface area contributed by atoms with Crippen LogP contribution in [0.2, 0.25) is 0 Å². The maximum absolute atomic E-state index is 12.5. The van der Waals surface area contributed by atoms with E-state index in [1.54, 1.807) is 18.2 Å². The maximum atomic E-state index is 12.5. The molecule has 0 saturated carbocycles. The number of hydrogen-bond acceptors (Lipinski definition) is 6. The summed E-state index contributed by atoms with van der Waals surface area (Å²) in [7, 11) is -8.02. The highest BCUT2D eigenvalue weighted by Crippen LogP contribution is 2.29. The molecule has 0 saturated heterocycles. The molecule has 0 aliphatic carbocycles. The van der Waals surface area contributed by atoms with Crippen molar-refractivity contribution in [2.24, 2.45) is 4.40 Å². The molecule has 0 fully saturated rings. The van der Waals surface area contributed by atoms with E-state index in [0.717, 1.165) is 22.4 Å². The Bertz CT molecular complexity index is 1170. The summed E-state index contributed by atoms with van der Waals surface area (Å²) in [5.41, 5.74) is 1.56. The molecule has 2 aromatic rings. The van der Waals surface area contributed by atoms with Crippen LogP contribution in [0.5, 0.6) is 0 Å². The van der Waals surface area contributed by atoms with Crippen molar-refractivity contribution in [3.8, 4) is 0 Å². The largest absolute Gasteiger partial charge is 0.345 e. The molecule has 0 atom stereocenters. The van der Waals surface area contributed by atoms with E-state index < -0.39 is 31.5 Å². The Balaban J connectivity index is 1.83. The first kappa shape index (κ1) is 19.5. The fraction of sp³-hybridized carbons (Fsp3) is 0.125. The Kier molecular flexibility index (Phi) is 5.10. The smallest absolute Gasteiger partial charge is 0.285 e. The molecule has 27 heavy (non-hydrogen) atoms. The van der Waals surface area contributed by atoms with Gasteiger partial charge in [0.05, 0.1) is 10.6 Å². The Morgan fingerprint density at radius 1 is 1.22 bits per heavy atom. The molecule has 142 valence electrons. The zero-order chi connectivity index (χ0) is 19.8. The molecule has 0 aromatic heterocycles. The molecule has 11 heteroatoms. The monoisotopic (exact) mass is 471 g/mol. The van der Waals surface area contributed by atoms with E-state index in [-0.39, 0.29) is 15.5 Å². The number of carbonyl (C=O) groups is 1. The number of benzene rings is 2. The molecule has 1 amide bonds. The predicted molar refractivity (Wildman–Crippen MR) is 105 cm³/mol. The lowest BCUT2D eigenvalue weighted by atomic mass is 10.2. The van der Waals surface area contributed by atoms with Crippen LogP contribution in [0.15, 0.2) is 55.1 Å².